The van der Waals surface area contributed by atoms with Gasteiger partial charge in [0.15, 0.2) is 0 Å². The molecular formula is C21H20N2OS. The lowest BCUT2D eigenvalue weighted by atomic mass is 9.93. The third-order valence-electron chi connectivity index (χ3n) is 4.55. The quantitative estimate of drug-likeness (QED) is 0.660. The van der Waals surface area contributed by atoms with Crippen LogP contribution in [0.3, 0.4) is 0 Å². The molecule has 0 radical (unpaired) electrons. The largest absolute Gasteiger partial charge is 0.326 e. The Morgan fingerprint density at radius 2 is 1.96 bits per heavy atom. The fourth-order valence-corrected chi connectivity index (χ4v) is 4.15. The number of carbonyl (C=O) groups excluding carboxylic acids is 1. The molecule has 25 heavy (non-hydrogen) atoms. The molecule has 1 aliphatic rings. The summed E-state index contributed by atoms with van der Waals surface area (Å²) in [5.41, 5.74) is 3.14. The van der Waals surface area contributed by atoms with Crippen molar-refractivity contribution in [3.05, 3.63) is 71.3 Å². The number of para-hydroxylation sites is 1. The van der Waals surface area contributed by atoms with Gasteiger partial charge in [-0.15, -0.1) is 11.3 Å². The van der Waals surface area contributed by atoms with E-state index in [-0.39, 0.29) is 11.8 Å². The molecule has 3 aromatic rings. The van der Waals surface area contributed by atoms with Gasteiger partial charge in [0.25, 0.3) is 0 Å². The van der Waals surface area contributed by atoms with Crippen LogP contribution in [-0.4, -0.2) is 10.9 Å². The van der Waals surface area contributed by atoms with E-state index >= 15 is 0 Å². The molecule has 0 saturated carbocycles. The predicted molar refractivity (Wildman–Crippen MR) is 104 cm³/mol. The normalized spacial score (nSPS) is 16.9. The van der Waals surface area contributed by atoms with Crippen LogP contribution in [0.2, 0.25) is 0 Å². The predicted octanol–water partition coefficient (Wildman–Crippen LogP) is 5.18. The van der Waals surface area contributed by atoms with Gasteiger partial charge in [0, 0.05) is 18.0 Å². The first-order valence-electron chi connectivity index (χ1n) is 8.67. The average Bonchev–Trinajstić information content (AvgIpc) is 3.06. The van der Waals surface area contributed by atoms with Crippen molar-refractivity contribution in [1.29, 1.82) is 0 Å². The van der Waals surface area contributed by atoms with Gasteiger partial charge in [-0.1, -0.05) is 36.4 Å². The molecule has 0 fully saturated rings. The summed E-state index contributed by atoms with van der Waals surface area (Å²) in [4.78, 5) is 17.0. The zero-order valence-electron chi connectivity index (χ0n) is 13.9. The van der Waals surface area contributed by atoms with Crippen molar-refractivity contribution in [3.63, 3.8) is 0 Å². The van der Waals surface area contributed by atoms with Crippen LogP contribution in [-0.2, 0) is 11.2 Å². The highest BCUT2D eigenvalue weighted by atomic mass is 32.1. The van der Waals surface area contributed by atoms with E-state index in [9.17, 15) is 4.79 Å². The molecule has 1 atom stereocenters. The smallest absolute Gasteiger partial charge is 0.227 e. The molecule has 3 nitrogen and oxygen atoms in total. The summed E-state index contributed by atoms with van der Waals surface area (Å²) in [5.74, 6) is 0.232. The van der Waals surface area contributed by atoms with Gasteiger partial charge in [-0.25, -0.2) is 4.98 Å². The minimum Gasteiger partial charge on any atom is -0.326 e. The van der Waals surface area contributed by atoms with Gasteiger partial charge >= 0.3 is 0 Å². The number of thiazole rings is 1. The van der Waals surface area contributed by atoms with Crippen molar-refractivity contribution in [2.24, 2.45) is 5.92 Å². The van der Waals surface area contributed by atoms with Crippen molar-refractivity contribution < 1.29 is 4.79 Å². The number of allylic oxidation sites excluding steroid dienone is 2. The number of nitrogens with one attached hydrogen (secondary N) is 1. The third kappa shape index (κ3) is 3.80. The van der Waals surface area contributed by atoms with Crippen LogP contribution in [0.25, 0.3) is 10.2 Å². The van der Waals surface area contributed by atoms with E-state index in [1.54, 1.807) is 11.3 Å². The van der Waals surface area contributed by atoms with Gasteiger partial charge in [-0.05, 0) is 49.1 Å². The fraction of sp³-hybridized carbons (Fsp3) is 0.238. The van der Waals surface area contributed by atoms with Gasteiger partial charge in [0.1, 0.15) is 0 Å². The minimum atomic E-state index is 0.104. The van der Waals surface area contributed by atoms with E-state index in [4.69, 9.17) is 0 Å². The Kier molecular flexibility index (Phi) is 4.61. The van der Waals surface area contributed by atoms with Crippen molar-refractivity contribution >= 4 is 33.1 Å². The Hall–Kier alpha value is -2.46. The second-order valence-electron chi connectivity index (χ2n) is 6.42. The number of anilines is 1. The SMILES string of the molecule is O=C(Nc1ccc(Cc2nc3ccccc3s2)cc1)[C@@H]1CC=CCC1. The highest BCUT2D eigenvalue weighted by Gasteiger charge is 2.18. The molecule has 1 amide bonds. The molecule has 0 spiro atoms. The number of benzene rings is 2. The average molecular weight is 348 g/mol. The zero-order chi connectivity index (χ0) is 17.1. The first-order valence-corrected chi connectivity index (χ1v) is 9.49. The summed E-state index contributed by atoms with van der Waals surface area (Å²) in [6, 6.07) is 16.3. The number of hydrogen-bond donors (Lipinski definition) is 1. The molecule has 2 aromatic carbocycles. The molecule has 1 aromatic heterocycles. The van der Waals surface area contributed by atoms with Crippen LogP contribution in [0.15, 0.2) is 60.7 Å². The third-order valence-corrected chi connectivity index (χ3v) is 5.59. The van der Waals surface area contributed by atoms with Crippen molar-refractivity contribution in [3.8, 4) is 0 Å². The van der Waals surface area contributed by atoms with Crippen LogP contribution in [0.5, 0.6) is 0 Å². The summed E-state index contributed by atoms with van der Waals surface area (Å²) >= 11 is 1.74. The Bertz CT molecular complexity index is 878. The number of rotatable bonds is 4. The van der Waals surface area contributed by atoms with E-state index < -0.39 is 0 Å². The maximum Gasteiger partial charge on any atom is 0.227 e. The molecule has 0 bridgehead atoms. The fourth-order valence-electron chi connectivity index (χ4n) is 3.15. The van der Waals surface area contributed by atoms with E-state index in [1.165, 1.54) is 10.3 Å². The van der Waals surface area contributed by atoms with E-state index in [0.717, 1.165) is 41.9 Å². The molecule has 1 aliphatic carbocycles. The number of hydrogen-bond acceptors (Lipinski definition) is 3. The number of fused-ring (bicyclic) bond motifs is 1. The molecule has 4 heteroatoms. The van der Waals surface area contributed by atoms with Crippen LogP contribution in [0, 0.1) is 5.92 Å². The number of carbonyl (C=O) groups is 1. The first kappa shape index (κ1) is 16.0. The van der Waals surface area contributed by atoms with E-state index in [2.05, 4.69) is 46.7 Å². The Balaban J connectivity index is 1.41. The second-order valence-corrected chi connectivity index (χ2v) is 7.53. The molecule has 1 heterocycles. The second kappa shape index (κ2) is 7.19. The highest BCUT2D eigenvalue weighted by molar-refractivity contribution is 7.18. The monoisotopic (exact) mass is 348 g/mol. The van der Waals surface area contributed by atoms with E-state index in [0.29, 0.717) is 0 Å². The summed E-state index contributed by atoms with van der Waals surface area (Å²) in [6.07, 6.45) is 7.87. The number of amides is 1. The maximum atomic E-state index is 12.3. The summed E-state index contributed by atoms with van der Waals surface area (Å²) in [5, 5.41) is 4.16. The molecule has 4 rings (SSSR count). The lowest BCUT2D eigenvalue weighted by Crippen LogP contribution is -2.23. The summed E-state index contributed by atoms with van der Waals surface area (Å²) in [6.45, 7) is 0. The lowest BCUT2D eigenvalue weighted by molar-refractivity contribution is -0.120. The number of nitrogens with zero attached hydrogens (tertiary/aromatic N) is 1. The van der Waals surface area contributed by atoms with Crippen molar-refractivity contribution in [2.45, 2.75) is 25.7 Å². The van der Waals surface area contributed by atoms with Crippen LogP contribution < -0.4 is 5.32 Å². The standard InChI is InChI=1S/C21H20N2OS/c24-21(16-6-2-1-3-7-16)22-17-12-10-15(11-13-17)14-20-23-18-8-4-5-9-19(18)25-20/h1-2,4-5,8-13,16H,3,6-7,14H2,(H,22,24)/t16-/m1/s1. The van der Waals surface area contributed by atoms with Gasteiger partial charge in [0.2, 0.25) is 5.91 Å². The molecular weight excluding hydrogens is 328 g/mol. The highest BCUT2D eigenvalue weighted by Crippen LogP contribution is 2.24. The van der Waals surface area contributed by atoms with Crippen LogP contribution >= 0.6 is 11.3 Å². The Morgan fingerprint density at radius 3 is 2.72 bits per heavy atom. The van der Waals surface area contributed by atoms with Crippen molar-refractivity contribution in [2.75, 3.05) is 5.32 Å². The molecule has 0 unspecified atom stereocenters. The minimum absolute atomic E-state index is 0.104. The topological polar surface area (TPSA) is 42.0 Å². The maximum absolute atomic E-state index is 12.3. The zero-order valence-corrected chi connectivity index (χ0v) is 14.8. The van der Waals surface area contributed by atoms with Gasteiger partial charge in [0.05, 0.1) is 15.2 Å². The van der Waals surface area contributed by atoms with Gasteiger partial charge < -0.3 is 5.32 Å². The van der Waals surface area contributed by atoms with Gasteiger partial charge in [-0.2, -0.15) is 0 Å². The lowest BCUT2D eigenvalue weighted by Gasteiger charge is -2.17. The van der Waals surface area contributed by atoms with E-state index in [1.807, 2.05) is 24.3 Å². The summed E-state index contributed by atoms with van der Waals surface area (Å²) < 4.78 is 1.22. The van der Waals surface area contributed by atoms with Crippen molar-refractivity contribution in [1.82, 2.24) is 4.98 Å². The first-order chi connectivity index (χ1) is 12.3. The van der Waals surface area contributed by atoms with Gasteiger partial charge in [-0.3, -0.25) is 4.79 Å². The molecule has 0 saturated heterocycles. The Morgan fingerprint density at radius 1 is 1.12 bits per heavy atom. The van der Waals surface area contributed by atoms with Crippen LogP contribution in [0.1, 0.15) is 29.8 Å². The summed E-state index contributed by atoms with van der Waals surface area (Å²) in [7, 11) is 0. The molecule has 1 N–H and O–H groups in total. The molecule has 0 aliphatic heterocycles. The molecule has 126 valence electrons. The Labute approximate surface area is 151 Å². The number of aromatic nitrogens is 1. The van der Waals surface area contributed by atoms with Crippen LogP contribution in [0.4, 0.5) is 5.69 Å².